The Morgan fingerprint density at radius 1 is 1.08 bits per heavy atom. The minimum absolute atomic E-state index is 0.642. The lowest BCUT2D eigenvalue weighted by Gasteiger charge is -2.11. The van der Waals surface area contributed by atoms with Crippen molar-refractivity contribution in [3.8, 4) is 0 Å². The van der Waals surface area contributed by atoms with Crippen molar-refractivity contribution in [2.75, 3.05) is 0 Å². The molecule has 0 saturated heterocycles. The van der Waals surface area contributed by atoms with Gasteiger partial charge in [-0.1, -0.05) is 42.5 Å². The molecule has 0 saturated carbocycles. The van der Waals surface area contributed by atoms with Crippen molar-refractivity contribution >= 4 is 26.6 Å². The summed E-state index contributed by atoms with van der Waals surface area (Å²) >= 11 is 0. The van der Waals surface area contributed by atoms with Crippen LogP contribution < -0.4 is 10.9 Å². The van der Waals surface area contributed by atoms with E-state index < -0.39 is 0 Å². The third-order valence-electron chi connectivity index (χ3n) is 2.62. The first kappa shape index (κ1) is 9.44. The van der Waals surface area contributed by atoms with E-state index in [1.807, 2.05) is 0 Å². The predicted molar refractivity (Wildman–Crippen MR) is 61.6 cm³/mol. The Bertz CT molecular complexity index is 267. The van der Waals surface area contributed by atoms with Crippen LogP contribution in [0.3, 0.4) is 0 Å². The monoisotopic (exact) mass is 158 g/mol. The smallest absolute Gasteiger partial charge is 0.0864 e. The third-order valence-corrected chi connectivity index (χ3v) is 2.62. The van der Waals surface area contributed by atoms with E-state index in [9.17, 15) is 0 Å². The van der Waals surface area contributed by atoms with Crippen LogP contribution in [0.1, 0.15) is 30.9 Å². The predicted octanol–water partition coefficient (Wildman–Crippen LogP) is -0.365. The first-order valence-corrected chi connectivity index (χ1v) is 4.60. The summed E-state index contributed by atoms with van der Waals surface area (Å²) in [6, 6.07) is 4.60. The van der Waals surface area contributed by atoms with Gasteiger partial charge in [-0.2, -0.15) is 0 Å². The Morgan fingerprint density at radius 2 is 1.50 bits per heavy atom. The molecule has 0 N–H and O–H groups in total. The number of hydrogen-bond acceptors (Lipinski definition) is 0. The van der Waals surface area contributed by atoms with Gasteiger partial charge in [0.05, 0.1) is 0 Å². The molecule has 0 aliphatic rings. The van der Waals surface area contributed by atoms with Gasteiger partial charge < -0.3 is 0 Å². The molecule has 0 atom stereocenters. The van der Waals surface area contributed by atoms with Crippen molar-refractivity contribution in [1.29, 1.82) is 0 Å². The van der Waals surface area contributed by atoms with E-state index in [1.165, 1.54) is 22.1 Å². The molecule has 1 aromatic carbocycles. The van der Waals surface area contributed by atoms with Crippen LogP contribution in [0.2, 0.25) is 0 Å². The highest BCUT2D eigenvalue weighted by Gasteiger charge is 2.02. The normalized spacial score (nSPS) is 10.7. The fraction of sp³-hybridized carbons (Fsp3) is 0.400. The summed E-state index contributed by atoms with van der Waals surface area (Å²) in [5.74, 6) is 0.642. The lowest BCUT2D eigenvalue weighted by molar-refractivity contribution is 0.868. The molecule has 0 spiro atoms. The Morgan fingerprint density at radius 3 is 1.83 bits per heavy atom. The Hall–Kier alpha value is -0.650. The molecule has 0 aliphatic heterocycles. The second kappa shape index (κ2) is 3.38. The maximum atomic E-state index is 2.30. The zero-order valence-electron chi connectivity index (χ0n) is 8.73. The fourth-order valence-corrected chi connectivity index (χ4v) is 1.40. The number of rotatable bonds is 1. The Balaban J connectivity index is 3.21. The van der Waals surface area contributed by atoms with Crippen molar-refractivity contribution in [1.82, 2.24) is 0 Å². The first-order chi connectivity index (χ1) is 5.52. The molecule has 0 radical (unpaired) electrons. The average Bonchev–Trinajstić information content (AvgIpc) is 1.99. The summed E-state index contributed by atoms with van der Waals surface area (Å²) in [4.78, 5) is 0. The molecule has 0 aromatic heterocycles. The molecular formula is C10H16B2. The highest BCUT2D eigenvalue weighted by atomic mass is 14.0. The summed E-state index contributed by atoms with van der Waals surface area (Å²) in [5, 5.41) is 0. The lowest BCUT2D eigenvalue weighted by Crippen LogP contribution is -2.21. The number of hydrogen-bond donors (Lipinski definition) is 0. The zero-order valence-corrected chi connectivity index (χ0v) is 8.73. The van der Waals surface area contributed by atoms with Crippen LogP contribution in [-0.4, -0.2) is 15.7 Å². The standard InChI is InChI=1S/C10H16B2/c1-6(2)8-4-9(11)7(3)10(12)5-8/h4-6H,11-12H2,1-3H3. The molecule has 1 aromatic rings. The molecule has 0 nitrogen and oxygen atoms in total. The average molecular weight is 158 g/mol. The molecule has 62 valence electrons. The second-order valence-corrected chi connectivity index (χ2v) is 3.93. The van der Waals surface area contributed by atoms with E-state index in [-0.39, 0.29) is 0 Å². The zero-order chi connectivity index (χ0) is 9.30. The van der Waals surface area contributed by atoms with Gasteiger partial charge in [-0.3, -0.25) is 0 Å². The largest absolute Gasteiger partial charge is 0.139 e. The number of benzene rings is 1. The van der Waals surface area contributed by atoms with Gasteiger partial charge in [0.2, 0.25) is 0 Å². The van der Waals surface area contributed by atoms with Gasteiger partial charge in [0, 0.05) is 0 Å². The van der Waals surface area contributed by atoms with Gasteiger partial charge in [-0.25, -0.2) is 0 Å². The van der Waals surface area contributed by atoms with Crippen molar-refractivity contribution in [2.45, 2.75) is 26.7 Å². The maximum Gasteiger partial charge on any atom is 0.139 e. The lowest BCUT2D eigenvalue weighted by atomic mass is 9.79. The van der Waals surface area contributed by atoms with Gasteiger partial charge in [-0.15, -0.1) is 0 Å². The van der Waals surface area contributed by atoms with E-state index in [4.69, 9.17) is 0 Å². The van der Waals surface area contributed by atoms with E-state index in [1.54, 1.807) is 0 Å². The highest BCUT2D eigenvalue weighted by molar-refractivity contribution is 6.39. The highest BCUT2D eigenvalue weighted by Crippen LogP contribution is 2.11. The van der Waals surface area contributed by atoms with Gasteiger partial charge in [-0.05, 0) is 18.4 Å². The van der Waals surface area contributed by atoms with Crippen molar-refractivity contribution in [3.63, 3.8) is 0 Å². The molecule has 12 heavy (non-hydrogen) atoms. The van der Waals surface area contributed by atoms with Gasteiger partial charge in [0.15, 0.2) is 0 Å². The summed E-state index contributed by atoms with van der Waals surface area (Å²) in [5.41, 5.74) is 5.72. The van der Waals surface area contributed by atoms with Crippen LogP contribution in [0.15, 0.2) is 12.1 Å². The second-order valence-electron chi connectivity index (χ2n) is 3.93. The molecular weight excluding hydrogens is 142 g/mol. The van der Waals surface area contributed by atoms with Gasteiger partial charge in [0.1, 0.15) is 15.7 Å². The molecule has 0 bridgehead atoms. The van der Waals surface area contributed by atoms with E-state index >= 15 is 0 Å². The van der Waals surface area contributed by atoms with Gasteiger partial charge >= 0.3 is 0 Å². The van der Waals surface area contributed by atoms with E-state index in [2.05, 4.69) is 48.6 Å². The first-order valence-electron chi connectivity index (χ1n) is 4.60. The Labute approximate surface area is 77.2 Å². The molecule has 1 rings (SSSR count). The quantitative estimate of drug-likeness (QED) is 0.489. The summed E-state index contributed by atoms with van der Waals surface area (Å²) < 4.78 is 0. The minimum Gasteiger partial charge on any atom is -0.0864 e. The summed E-state index contributed by atoms with van der Waals surface area (Å²) in [6.45, 7) is 6.67. The SMILES string of the molecule is Bc1cc(C(C)C)cc(B)c1C. The molecule has 0 unspecified atom stereocenters. The summed E-state index contributed by atoms with van der Waals surface area (Å²) in [7, 11) is 4.38. The topological polar surface area (TPSA) is 0 Å². The van der Waals surface area contributed by atoms with E-state index in [0.29, 0.717) is 5.92 Å². The summed E-state index contributed by atoms with van der Waals surface area (Å²) in [6.07, 6.45) is 0. The van der Waals surface area contributed by atoms with Crippen LogP contribution >= 0.6 is 0 Å². The van der Waals surface area contributed by atoms with Crippen LogP contribution in [0.25, 0.3) is 0 Å². The van der Waals surface area contributed by atoms with Gasteiger partial charge in [0.25, 0.3) is 0 Å². The van der Waals surface area contributed by atoms with Crippen LogP contribution in [-0.2, 0) is 0 Å². The van der Waals surface area contributed by atoms with Crippen molar-refractivity contribution in [2.24, 2.45) is 0 Å². The maximum absolute atomic E-state index is 2.30. The van der Waals surface area contributed by atoms with Crippen molar-refractivity contribution < 1.29 is 0 Å². The molecule has 0 heterocycles. The van der Waals surface area contributed by atoms with Crippen LogP contribution in [0.5, 0.6) is 0 Å². The molecule has 0 fully saturated rings. The van der Waals surface area contributed by atoms with Crippen molar-refractivity contribution in [3.05, 3.63) is 23.3 Å². The molecule has 2 heteroatoms. The fourth-order valence-electron chi connectivity index (χ4n) is 1.40. The van der Waals surface area contributed by atoms with E-state index in [0.717, 1.165) is 0 Å². The van der Waals surface area contributed by atoms with Crippen LogP contribution in [0, 0.1) is 6.92 Å². The Kier molecular flexibility index (Phi) is 2.66. The third kappa shape index (κ3) is 1.74. The minimum atomic E-state index is 0.642. The molecule has 0 aliphatic carbocycles. The molecule has 0 amide bonds. The van der Waals surface area contributed by atoms with Crippen LogP contribution in [0.4, 0.5) is 0 Å².